The highest BCUT2D eigenvalue weighted by molar-refractivity contribution is 7.80. The predicted octanol–water partition coefficient (Wildman–Crippen LogP) is 4.18. The molecule has 1 saturated carbocycles. The first-order valence-corrected chi connectivity index (χ1v) is 9.39. The van der Waals surface area contributed by atoms with Crippen molar-refractivity contribution in [2.45, 2.75) is 38.6 Å². The van der Waals surface area contributed by atoms with Crippen LogP contribution in [0.15, 0.2) is 22.4 Å². The Bertz CT molecular complexity index is 864. The van der Waals surface area contributed by atoms with Crippen LogP contribution in [0.5, 0.6) is 17.4 Å². The van der Waals surface area contributed by atoms with Crippen LogP contribution in [0.3, 0.4) is 0 Å². The molecule has 3 N–H and O–H groups in total. The Morgan fingerprint density at radius 2 is 1.96 bits per heavy atom. The van der Waals surface area contributed by atoms with Crippen LogP contribution in [0.1, 0.15) is 32.6 Å². The molecule has 2 heterocycles. The number of fused-ring (bicyclic) bond motifs is 2. The van der Waals surface area contributed by atoms with Crippen molar-refractivity contribution in [3.8, 4) is 17.4 Å². The number of hydrogen-bond donors (Lipinski definition) is 3. The minimum absolute atomic E-state index is 0.0556. The zero-order valence-corrected chi connectivity index (χ0v) is 15.4. The number of thiocarbonyl (C=S) groups is 1. The van der Waals surface area contributed by atoms with Gasteiger partial charge in [0.15, 0.2) is 17.2 Å². The summed E-state index contributed by atoms with van der Waals surface area (Å²) in [5.41, 5.74) is 1.05. The maximum Gasteiger partial charge on any atom is 0.218 e. The van der Waals surface area contributed by atoms with Crippen LogP contribution >= 0.6 is 12.2 Å². The van der Waals surface area contributed by atoms with Gasteiger partial charge in [-0.1, -0.05) is 19.8 Å². The number of rotatable bonds is 2. The third-order valence-electron chi connectivity index (χ3n) is 5.08. The fourth-order valence-corrected chi connectivity index (χ4v) is 3.81. The number of H-pyrrole nitrogens is 1. The number of nitrogens with one attached hydrogen (secondary N) is 2. The van der Waals surface area contributed by atoms with Gasteiger partial charge in [-0.25, -0.2) is 0 Å². The van der Waals surface area contributed by atoms with E-state index in [0.717, 1.165) is 6.42 Å². The number of aromatic hydroxyl groups is 1. The lowest BCUT2D eigenvalue weighted by Gasteiger charge is -2.29. The van der Waals surface area contributed by atoms with Gasteiger partial charge >= 0.3 is 0 Å². The van der Waals surface area contributed by atoms with E-state index in [0.29, 0.717) is 58.4 Å². The molecular weight excluding hydrogens is 352 g/mol. The van der Waals surface area contributed by atoms with Crippen LogP contribution in [-0.2, 0) is 0 Å². The SMILES string of the molecule is C[C@H]1CCCC[C@H]1NC(=S)N=Nc1c(O)[nH]c2cc3c(cc12)OCCO3. The van der Waals surface area contributed by atoms with E-state index in [-0.39, 0.29) is 5.88 Å². The molecule has 2 aromatic rings. The highest BCUT2D eigenvalue weighted by Crippen LogP contribution is 2.42. The number of aromatic amines is 1. The van der Waals surface area contributed by atoms with Gasteiger partial charge in [0, 0.05) is 17.5 Å². The summed E-state index contributed by atoms with van der Waals surface area (Å²) >= 11 is 5.32. The third kappa shape index (κ3) is 3.33. The predicted molar refractivity (Wildman–Crippen MR) is 103 cm³/mol. The molecule has 0 bridgehead atoms. The first-order valence-electron chi connectivity index (χ1n) is 8.98. The molecule has 1 aliphatic heterocycles. The Kier molecular flexibility index (Phi) is 4.67. The van der Waals surface area contributed by atoms with Gasteiger partial charge in [0.2, 0.25) is 11.0 Å². The van der Waals surface area contributed by atoms with Crippen LogP contribution in [-0.4, -0.2) is 34.5 Å². The fraction of sp³-hybridized carbons (Fsp3) is 0.500. The average Bonchev–Trinajstić information content (AvgIpc) is 2.94. The summed E-state index contributed by atoms with van der Waals surface area (Å²) in [5, 5.41) is 22.8. The Labute approximate surface area is 156 Å². The summed E-state index contributed by atoms with van der Waals surface area (Å²) in [7, 11) is 0. The van der Waals surface area contributed by atoms with E-state index in [9.17, 15) is 5.11 Å². The maximum atomic E-state index is 10.2. The lowest BCUT2D eigenvalue weighted by atomic mass is 9.86. The number of benzene rings is 1. The molecule has 2 atom stereocenters. The van der Waals surface area contributed by atoms with Crippen molar-refractivity contribution >= 4 is 33.9 Å². The molecule has 7 nitrogen and oxygen atoms in total. The minimum Gasteiger partial charge on any atom is -0.493 e. The largest absolute Gasteiger partial charge is 0.493 e. The lowest BCUT2D eigenvalue weighted by Crippen LogP contribution is -2.39. The van der Waals surface area contributed by atoms with Crippen molar-refractivity contribution in [3.05, 3.63) is 12.1 Å². The van der Waals surface area contributed by atoms with Gasteiger partial charge in [-0.15, -0.1) is 10.2 Å². The summed E-state index contributed by atoms with van der Waals surface area (Å²) in [6.07, 6.45) is 4.78. The van der Waals surface area contributed by atoms with Crippen molar-refractivity contribution in [1.82, 2.24) is 10.3 Å². The first kappa shape index (κ1) is 17.1. The second-order valence-corrected chi connectivity index (χ2v) is 7.27. The molecule has 0 spiro atoms. The number of nitrogens with zero attached hydrogens (tertiary/aromatic N) is 2. The molecular formula is C18H22N4O3S. The molecule has 1 aromatic carbocycles. The third-order valence-corrected chi connectivity index (χ3v) is 5.28. The summed E-state index contributed by atoms with van der Waals surface area (Å²) in [6, 6.07) is 3.93. The zero-order valence-electron chi connectivity index (χ0n) is 14.6. The Hall–Kier alpha value is -2.35. The van der Waals surface area contributed by atoms with E-state index in [2.05, 4.69) is 27.5 Å². The van der Waals surface area contributed by atoms with Gasteiger partial charge in [0.05, 0.1) is 5.52 Å². The highest BCUT2D eigenvalue weighted by atomic mass is 32.1. The van der Waals surface area contributed by atoms with Crippen LogP contribution < -0.4 is 14.8 Å². The molecule has 138 valence electrons. The van der Waals surface area contributed by atoms with Gasteiger partial charge in [-0.05, 0) is 37.0 Å². The number of hydrogen-bond acceptors (Lipinski definition) is 5. The van der Waals surface area contributed by atoms with Crippen molar-refractivity contribution in [2.24, 2.45) is 16.1 Å². The Morgan fingerprint density at radius 3 is 2.73 bits per heavy atom. The van der Waals surface area contributed by atoms with Gasteiger partial charge in [-0.3, -0.25) is 0 Å². The smallest absolute Gasteiger partial charge is 0.218 e. The average molecular weight is 374 g/mol. The Morgan fingerprint density at radius 1 is 1.23 bits per heavy atom. The molecule has 0 saturated heterocycles. The fourth-order valence-electron chi connectivity index (χ4n) is 3.62. The quantitative estimate of drug-likeness (QED) is 0.542. The lowest BCUT2D eigenvalue weighted by molar-refractivity contribution is 0.172. The van der Waals surface area contributed by atoms with E-state index in [1.165, 1.54) is 19.3 Å². The van der Waals surface area contributed by atoms with Gasteiger partial charge < -0.3 is 24.9 Å². The second-order valence-electron chi connectivity index (χ2n) is 6.88. The second kappa shape index (κ2) is 7.11. The van der Waals surface area contributed by atoms with Gasteiger partial charge in [-0.2, -0.15) is 0 Å². The number of ether oxygens (including phenoxy) is 2. The van der Waals surface area contributed by atoms with E-state index >= 15 is 0 Å². The van der Waals surface area contributed by atoms with Crippen molar-refractivity contribution < 1.29 is 14.6 Å². The van der Waals surface area contributed by atoms with E-state index in [1.54, 1.807) is 12.1 Å². The molecule has 1 aromatic heterocycles. The zero-order chi connectivity index (χ0) is 18.1. The van der Waals surface area contributed by atoms with Gasteiger partial charge in [0.1, 0.15) is 13.2 Å². The Balaban J connectivity index is 1.55. The topological polar surface area (TPSA) is 91.2 Å². The van der Waals surface area contributed by atoms with Gasteiger partial charge in [0.25, 0.3) is 0 Å². The molecule has 26 heavy (non-hydrogen) atoms. The minimum atomic E-state index is -0.0556. The van der Waals surface area contributed by atoms with Crippen molar-refractivity contribution in [2.75, 3.05) is 13.2 Å². The van der Waals surface area contributed by atoms with Crippen molar-refractivity contribution in [3.63, 3.8) is 0 Å². The first-order chi connectivity index (χ1) is 12.6. The number of azo groups is 1. The van der Waals surface area contributed by atoms with Crippen LogP contribution in [0, 0.1) is 5.92 Å². The monoisotopic (exact) mass is 374 g/mol. The molecule has 2 aliphatic rings. The molecule has 4 rings (SSSR count). The molecule has 0 radical (unpaired) electrons. The van der Waals surface area contributed by atoms with Crippen molar-refractivity contribution in [1.29, 1.82) is 0 Å². The normalized spacial score (nSPS) is 22.7. The molecule has 1 fully saturated rings. The van der Waals surface area contributed by atoms with E-state index in [1.807, 2.05) is 0 Å². The van der Waals surface area contributed by atoms with E-state index in [4.69, 9.17) is 21.7 Å². The summed E-state index contributed by atoms with van der Waals surface area (Å²) in [5.74, 6) is 1.80. The van der Waals surface area contributed by atoms with Crippen LogP contribution in [0.2, 0.25) is 0 Å². The standard InChI is InChI=1S/C18H22N4O3S/c1-10-4-2-3-5-12(10)20-18(26)22-21-16-11-8-14-15(25-7-6-24-14)9-13(11)19-17(16)23/h8-10,12,19,23H,2-7H2,1H3,(H,20,26)/t10-,12+/m0/s1. The van der Waals surface area contributed by atoms with E-state index < -0.39 is 0 Å². The number of aromatic nitrogens is 1. The van der Waals surface area contributed by atoms with Crippen LogP contribution in [0.25, 0.3) is 10.9 Å². The summed E-state index contributed by atoms with van der Waals surface area (Å²) in [4.78, 5) is 2.89. The molecule has 0 unspecified atom stereocenters. The molecule has 0 amide bonds. The highest BCUT2D eigenvalue weighted by Gasteiger charge is 2.22. The summed E-state index contributed by atoms with van der Waals surface area (Å²) < 4.78 is 11.2. The maximum absolute atomic E-state index is 10.2. The molecule has 8 heteroatoms. The summed E-state index contributed by atoms with van der Waals surface area (Å²) in [6.45, 7) is 3.24. The molecule has 1 aliphatic carbocycles. The van der Waals surface area contributed by atoms with Crippen LogP contribution in [0.4, 0.5) is 5.69 Å².